The third-order valence-electron chi connectivity index (χ3n) is 0.375. The Hall–Kier alpha value is -1.09. The third kappa shape index (κ3) is 4.91. The van der Waals surface area contributed by atoms with Crippen LogP contribution >= 0.6 is 0 Å². The largest absolute Gasteiger partial charge is 0.210 e. The number of azide groups is 1. The van der Waals surface area contributed by atoms with Gasteiger partial charge in [0.15, 0.2) is 0 Å². The maximum atomic E-state index is 7.65. The predicted octanol–water partition coefficient (Wildman–Crippen LogP) is 1.33. The van der Waals surface area contributed by atoms with E-state index >= 15 is 0 Å². The molecule has 38 valence electrons. The van der Waals surface area contributed by atoms with Gasteiger partial charge in [0.25, 0.3) is 0 Å². The molecule has 5 heteroatoms. The van der Waals surface area contributed by atoms with E-state index in [0.29, 0.717) is 13.1 Å². The van der Waals surface area contributed by atoms with Crippen molar-refractivity contribution >= 4 is 0 Å². The van der Waals surface area contributed by atoms with Crippen LogP contribution in [0.1, 0.15) is 0 Å². The summed E-state index contributed by atoms with van der Waals surface area (Å²) in [7, 11) is 0. The first-order valence-corrected chi connectivity index (χ1v) is 1.76. The van der Waals surface area contributed by atoms with Gasteiger partial charge in [0.05, 0.1) is 6.54 Å². The lowest BCUT2D eigenvalue weighted by atomic mass is 10.7. The molecule has 0 unspecified atom stereocenters. The van der Waals surface area contributed by atoms with Crippen molar-refractivity contribution in [3.63, 3.8) is 0 Å². The molecule has 0 bridgehead atoms. The number of hydrogen-bond donors (Lipinski definition) is 1. The first-order chi connectivity index (χ1) is 3.41. The Kier molecular flexibility index (Phi) is 4.15. The highest BCUT2D eigenvalue weighted by atomic mass is 15.1. The fraction of sp³-hybridized carbons (Fsp3) is 1.00. The Bertz CT molecular complexity index is 90.3. The van der Waals surface area contributed by atoms with E-state index in [1.165, 1.54) is 0 Å². The van der Waals surface area contributed by atoms with Crippen molar-refractivity contribution in [2.75, 3.05) is 13.1 Å². The minimum Gasteiger partial charge on any atom is -0.210 e. The molecular formula is C2H5N5. The quantitative estimate of drug-likeness (QED) is 0.239. The average Bonchev–Trinajstić information content (AvgIpc) is 1.69. The topological polar surface area (TPSA) is 85.0 Å². The maximum Gasteiger partial charge on any atom is 0.0652 e. The second kappa shape index (κ2) is 4.91. The van der Waals surface area contributed by atoms with E-state index in [0.717, 1.165) is 0 Å². The number of hydrogen-bond acceptors (Lipinski definition) is 3. The molecule has 5 nitrogen and oxygen atoms in total. The first-order valence-electron chi connectivity index (χ1n) is 1.76. The number of nitrogens with one attached hydrogen (secondary N) is 1. The highest BCUT2D eigenvalue weighted by Crippen LogP contribution is 1.70. The van der Waals surface area contributed by atoms with E-state index in [1.807, 2.05) is 0 Å². The summed E-state index contributed by atoms with van der Waals surface area (Å²) in [6, 6.07) is 0. The number of nitrogens with zero attached hydrogens (tertiary/aromatic N) is 4. The fourth-order valence-electron chi connectivity index (χ4n) is 0.139. The molecule has 0 aliphatic carbocycles. The summed E-state index contributed by atoms with van der Waals surface area (Å²) >= 11 is 0. The van der Waals surface area contributed by atoms with Gasteiger partial charge in [-0.3, -0.25) is 0 Å². The van der Waals surface area contributed by atoms with Crippen molar-refractivity contribution in [2.24, 2.45) is 10.2 Å². The summed E-state index contributed by atoms with van der Waals surface area (Å²) < 4.78 is 0. The van der Waals surface area contributed by atoms with Crippen LogP contribution in [0.15, 0.2) is 10.2 Å². The van der Waals surface area contributed by atoms with Crippen LogP contribution < -0.4 is 0 Å². The van der Waals surface area contributed by atoms with Crippen LogP contribution in [-0.4, -0.2) is 13.1 Å². The van der Waals surface area contributed by atoms with Crippen molar-refractivity contribution in [2.45, 2.75) is 0 Å². The first kappa shape index (κ1) is 5.91. The lowest BCUT2D eigenvalue weighted by Gasteiger charge is -1.74. The Labute approximate surface area is 40.5 Å². The molecule has 0 aromatic heterocycles. The third-order valence-corrected chi connectivity index (χ3v) is 0.375. The van der Waals surface area contributed by atoms with E-state index in [-0.39, 0.29) is 0 Å². The summed E-state index contributed by atoms with van der Waals surface area (Å²) in [4.78, 5) is 2.45. The van der Waals surface area contributed by atoms with Crippen molar-refractivity contribution in [1.29, 1.82) is 5.53 Å². The van der Waals surface area contributed by atoms with Crippen LogP contribution in [0.5, 0.6) is 0 Å². The molecule has 0 aliphatic heterocycles. The summed E-state index contributed by atoms with van der Waals surface area (Å²) in [6.07, 6.45) is 0. The lowest BCUT2D eigenvalue weighted by Crippen LogP contribution is -1.79. The minimum atomic E-state index is 0.292. The molecule has 7 heavy (non-hydrogen) atoms. The molecule has 0 heterocycles. The fourth-order valence-corrected chi connectivity index (χ4v) is 0.139. The molecule has 0 saturated heterocycles. The second-order valence-corrected chi connectivity index (χ2v) is 0.836. The predicted molar refractivity (Wildman–Crippen MR) is 24.0 cm³/mol. The molecule has 0 spiro atoms. The zero-order chi connectivity index (χ0) is 5.54. The Morgan fingerprint density at radius 2 is 2.29 bits per heavy atom. The van der Waals surface area contributed by atoms with Gasteiger partial charge in [0.1, 0.15) is 0 Å². The van der Waals surface area contributed by atoms with Gasteiger partial charge in [-0.15, -0.1) is 0 Å². The van der Waals surface area contributed by atoms with Gasteiger partial charge >= 0.3 is 0 Å². The molecular weight excluding hydrogens is 94.1 g/mol. The normalized spacial score (nSPS) is 6.86. The minimum absolute atomic E-state index is 0.292. The number of rotatable bonds is 3. The smallest absolute Gasteiger partial charge is 0.0652 e. The zero-order valence-corrected chi connectivity index (χ0v) is 3.70. The molecule has 0 aromatic rings. The Morgan fingerprint density at radius 1 is 1.57 bits per heavy atom. The Balaban J connectivity index is 2.97. The maximum absolute atomic E-state index is 7.65. The van der Waals surface area contributed by atoms with Gasteiger partial charge in [0.2, 0.25) is 0 Å². The van der Waals surface area contributed by atoms with E-state index in [4.69, 9.17) is 11.1 Å². The lowest BCUT2D eigenvalue weighted by molar-refractivity contribution is 0.870. The summed E-state index contributed by atoms with van der Waals surface area (Å²) in [6.45, 7) is 0.587. The highest BCUT2D eigenvalue weighted by molar-refractivity contribution is 4.45. The van der Waals surface area contributed by atoms with Gasteiger partial charge in [-0.05, 0) is 5.53 Å². The van der Waals surface area contributed by atoms with Crippen LogP contribution in [0.4, 0.5) is 0 Å². The van der Waals surface area contributed by atoms with Crippen LogP contribution in [0.3, 0.4) is 0 Å². The van der Waals surface area contributed by atoms with Crippen molar-refractivity contribution in [3.05, 3.63) is 10.4 Å². The molecule has 0 rings (SSSR count). The van der Waals surface area contributed by atoms with Gasteiger partial charge < -0.3 is 0 Å². The SMILES string of the molecule is [N-]=[N+]=NCCN=N. The van der Waals surface area contributed by atoms with Crippen molar-refractivity contribution < 1.29 is 0 Å². The van der Waals surface area contributed by atoms with E-state index in [2.05, 4.69) is 15.1 Å². The second-order valence-electron chi connectivity index (χ2n) is 0.836. The van der Waals surface area contributed by atoms with E-state index in [1.54, 1.807) is 0 Å². The molecule has 0 saturated carbocycles. The van der Waals surface area contributed by atoms with E-state index in [9.17, 15) is 0 Å². The standard InChI is InChI=1S/C2H5N5/c3-5-1-2-6-7-4/h3H,1-2H2. The molecule has 0 fully saturated rings. The van der Waals surface area contributed by atoms with Gasteiger partial charge in [-0.2, -0.15) is 5.11 Å². The molecule has 0 atom stereocenters. The Morgan fingerprint density at radius 3 is 2.71 bits per heavy atom. The van der Waals surface area contributed by atoms with Crippen LogP contribution in [0.2, 0.25) is 0 Å². The van der Waals surface area contributed by atoms with E-state index < -0.39 is 0 Å². The highest BCUT2D eigenvalue weighted by Gasteiger charge is 1.71. The summed E-state index contributed by atoms with van der Waals surface area (Å²) in [5.41, 5.74) is 13.9. The molecule has 0 aromatic carbocycles. The van der Waals surface area contributed by atoms with Gasteiger partial charge in [0, 0.05) is 11.5 Å². The summed E-state index contributed by atoms with van der Waals surface area (Å²) in [5, 5.41) is 6.09. The average molecular weight is 99.1 g/mol. The van der Waals surface area contributed by atoms with Crippen LogP contribution in [-0.2, 0) is 0 Å². The molecule has 0 radical (unpaired) electrons. The molecule has 0 aliphatic rings. The van der Waals surface area contributed by atoms with Gasteiger partial charge in [-0.1, -0.05) is 5.11 Å². The van der Waals surface area contributed by atoms with Gasteiger partial charge in [-0.25, -0.2) is 5.53 Å². The zero-order valence-electron chi connectivity index (χ0n) is 3.70. The molecule has 0 amide bonds. The van der Waals surface area contributed by atoms with Crippen LogP contribution in [0, 0.1) is 5.53 Å². The van der Waals surface area contributed by atoms with Crippen molar-refractivity contribution in [1.82, 2.24) is 0 Å². The molecule has 1 N–H and O–H groups in total. The van der Waals surface area contributed by atoms with Crippen LogP contribution in [0.25, 0.3) is 10.4 Å². The monoisotopic (exact) mass is 99.1 g/mol. The van der Waals surface area contributed by atoms with Crippen molar-refractivity contribution in [3.8, 4) is 0 Å². The summed E-state index contributed by atoms with van der Waals surface area (Å²) in [5.74, 6) is 0.